The Bertz CT molecular complexity index is 486. The zero-order valence-electron chi connectivity index (χ0n) is 11.6. The maximum absolute atomic E-state index is 11.0. The molecule has 0 amide bonds. The first-order valence-electron chi connectivity index (χ1n) is 6.48. The van der Waals surface area contributed by atoms with Crippen molar-refractivity contribution < 1.29 is 14.6 Å². The number of rotatable bonds is 3. The van der Waals surface area contributed by atoms with Gasteiger partial charge in [0.2, 0.25) is 0 Å². The lowest BCUT2D eigenvalue weighted by molar-refractivity contribution is -0.0553. The average molecular weight is 264 g/mol. The van der Waals surface area contributed by atoms with Gasteiger partial charge in [-0.25, -0.2) is 9.78 Å². The van der Waals surface area contributed by atoms with E-state index in [9.17, 15) is 4.79 Å². The maximum atomic E-state index is 11.0. The van der Waals surface area contributed by atoms with Gasteiger partial charge in [-0.2, -0.15) is 0 Å². The molecule has 1 aliphatic rings. The van der Waals surface area contributed by atoms with Crippen LogP contribution in [-0.4, -0.2) is 34.3 Å². The van der Waals surface area contributed by atoms with Crippen molar-refractivity contribution in [1.29, 1.82) is 0 Å². The molecule has 5 nitrogen and oxygen atoms in total. The number of pyridine rings is 1. The molecule has 1 aromatic heterocycles. The van der Waals surface area contributed by atoms with Gasteiger partial charge in [-0.15, -0.1) is 0 Å². The van der Waals surface area contributed by atoms with Gasteiger partial charge in [0, 0.05) is 18.3 Å². The lowest BCUT2D eigenvalue weighted by Crippen LogP contribution is -2.40. The van der Waals surface area contributed by atoms with Crippen LogP contribution in [0.5, 0.6) is 0 Å². The molecule has 1 aromatic rings. The predicted molar refractivity (Wildman–Crippen MR) is 72.6 cm³/mol. The van der Waals surface area contributed by atoms with Crippen LogP contribution < -0.4 is 5.32 Å². The topological polar surface area (TPSA) is 71.5 Å². The van der Waals surface area contributed by atoms with Gasteiger partial charge in [0.05, 0.1) is 11.2 Å². The predicted octanol–water partition coefficient (Wildman–Crippen LogP) is 2.46. The van der Waals surface area contributed by atoms with Crippen molar-refractivity contribution in [2.45, 2.75) is 45.3 Å². The second-order valence-corrected chi connectivity index (χ2v) is 5.63. The molecule has 1 aliphatic heterocycles. The summed E-state index contributed by atoms with van der Waals surface area (Å²) in [6, 6.07) is 3.42. The Hall–Kier alpha value is -1.62. The fraction of sp³-hybridized carbons (Fsp3) is 0.571. The maximum Gasteiger partial charge on any atom is 0.335 e. The molecule has 5 heteroatoms. The van der Waals surface area contributed by atoms with E-state index >= 15 is 0 Å². The van der Waals surface area contributed by atoms with Gasteiger partial charge < -0.3 is 15.2 Å². The molecule has 104 valence electrons. The Balaban J connectivity index is 2.12. The third kappa shape index (κ3) is 3.67. The molecule has 1 fully saturated rings. The van der Waals surface area contributed by atoms with Crippen molar-refractivity contribution >= 4 is 11.8 Å². The number of aromatic nitrogens is 1. The minimum Gasteiger partial charge on any atom is -0.478 e. The molecule has 0 spiro atoms. The van der Waals surface area contributed by atoms with Gasteiger partial charge in [0.25, 0.3) is 0 Å². The second-order valence-electron chi connectivity index (χ2n) is 5.63. The van der Waals surface area contributed by atoms with E-state index in [1.54, 1.807) is 19.1 Å². The largest absolute Gasteiger partial charge is 0.478 e. The third-order valence-corrected chi connectivity index (χ3v) is 3.25. The Kier molecular flexibility index (Phi) is 3.75. The van der Waals surface area contributed by atoms with E-state index < -0.39 is 5.97 Å². The lowest BCUT2D eigenvalue weighted by atomic mass is 9.94. The van der Waals surface area contributed by atoms with Crippen LogP contribution in [-0.2, 0) is 4.74 Å². The third-order valence-electron chi connectivity index (χ3n) is 3.25. The normalized spacial score (nSPS) is 21.9. The van der Waals surface area contributed by atoms with E-state index in [0.717, 1.165) is 12.8 Å². The van der Waals surface area contributed by atoms with Crippen LogP contribution in [0.1, 0.15) is 42.7 Å². The summed E-state index contributed by atoms with van der Waals surface area (Å²) in [5, 5.41) is 12.4. The van der Waals surface area contributed by atoms with Gasteiger partial charge in [-0.05, 0) is 45.7 Å². The molecule has 0 aromatic carbocycles. The number of aryl methyl sites for hydroxylation is 1. The summed E-state index contributed by atoms with van der Waals surface area (Å²) in [4.78, 5) is 15.4. The molecule has 1 unspecified atom stereocenters. The molecule has 2 heterocycles. The molecule has 2 rings (SSSR count). The van der Waals surface area contributed by atoms with Gasteiger partial charge in [-0.1, -0.05) is 0 Å². The number of carboxylic acid groups (broad SMARTS) is 1. The molecule has 0 radical (unpaired) electrons. The minimum absolute atomic E-state index is 0.143. The zero-order valence-corrected chi connectivity index (χ0v) is 11.6. The first kappa shape index (κ1) is 13.8. The van der Waals surface area contributed by atoms with Crippen LogP contribution in [0, 0.1) is 6.92 Å². The summed E-state index contributed by atoms with van der Waals surface area (Å²) in [7, 11) is 0. The molecule has 0 aliphatic carbocycles. The van der Waals surface area contributed by atoms with Crippen molar-refractivity contribution in [2.24, 2.45) is 0 Å². The van der Waals surface area contributed by atoms with Crippen LogP contribution in [0.2, 0.25) is 0 Å². The van der Waals surface area contributed by atoms with E-state index in [1.165, 1.54) is 0 Å². The van der Waals surface area contributed by atoms with E-state index in [-0.39, 0.29) is 17.2 Å². The van der Waals surface area contributed by atoms with E-state index in [1.807, 2.05) is 0 Å². The van der Waals surface area contributed by atoms with Gasteiger partial charge >= 0.3 is 5.97 Å². The fourth-order valence-corrected chi connectivity index (χ4v) is 2.43. The van der Waals surface area contributed by atoms with E-state index in [0.29, 0.717) is 18.1 Å². The molecule has 1 saturated heterocycles. The molecule has 19 heavy (non-hydrogen) atoms. The smallest absolute Gasteiger partial charge is 0.335 e. The zero-order chi connectivity index (χ0) is 14.0. The van der Waals surface area contributed by atoms with Crippen molar-refractivity contribution in [1.82, 2.24) is 4.98 Å². The number of hydrogen-bond acceptors (Lipinski definition) is 4. The summed E-state index contributed by atoms with van der Waals surface area (Å²) in [6.45, 7) is 6.63. The molecule has 0 saturated carbocycles. The fourth-order valence-electron chi connectivity index (χ4n) is 2.43. The van der Waals surface area contributed by atoms with Crippen LogP contribution in [0.4, 0.5) is 5.82 Å². The summed E-state index contributed by atoms with van der Waals surface area (Å²) >= 11 is 0. The molecular weight excluding hydrogens is 244 g/mol. The highest BCUT2D eigenvalue weighted by Crippen LogP contribution is 2.26. The number of hydrogen-bond donors (Lipinski definition) is 2. The highest BCUT2D eigenvalue weighted by molar-refractivity contribution is 5.88. The van der Waals surface area contributed by atoms with E-state index in [4.69, 9.17) is 9.84 Å². The first-order chi connectivity index (χ1) is 8.85. The molecule has 0 bridgehead atoms. The SMILES string of the molecule is Cc1cc(C(=O)O)cc(NC2CCOC(C)(C)C2)n1. The summed E-state index contributed by atoms with van der Waals surface area (Å²) in [5.74, 6) is -0.305. The summed E-state index contributed by atoms with van der Waals surface area (Å²) < 4.78 is 5.66. The van der Waals surface area contributed by atoms with Crippen LogP contribution in [0.25, 0.3) is 0 Å². The average Bonchev–Trinajstić information content (AvgIpc) is 2.26. The minimum atomic E-state index is -0.930. The number of nitrogens with one attached hydrogen (secondary N) is 1. The first-order valence-corrected chi connectivity index (χ1v) is 6.48. The Labute approximate surface area is 113 Å². The number of carbonyl (C=O) groups is 1. The van der Waals surface area contributed by atoms with Gasteiger partial charge in [0.15, 0.2) is 0 Å². The van der Waals surface area contributed by atoms with Crippen molar-refractivity contribution in [2.75, 3.05) is 11.9 Å². The number of nitrogens with zero attached hydrogens (tertiary/aromatic N) is 1. The molecule has 2 N–H and O–H groups in total. The van der Waals surface area contributed by atoms with Gasteiger partial charge in [-0.3, -0.25) is 0 Å². The van der Waals surface area contributed by atoms with Crippen molar-refractivity contribution in [3.63, 3.8) is 0 Å². The summed E-state index contributed by atoms with van der Waals surface area (Å²) in [5.41, 5.74) is 0.824. The second kappa shape index (κ2) is 5.17. The Morgan fingerprint density at radius 3 is 2.89 bits per heavy atom. The highest BCUT2D eigenvalue weighted by atomic mass is 16.5. The van der Waals surface area contributed by atoms with Crippen molar-refractivity contribution in [3.05, 3.63) is 23.4 Å². The van der Waals surface area contributed by atoms with Crippen LogP contribution in [0.15, 0.2) is 12.1 Å². The number of carboxylic acids is 1. The number of ether oxygens (including phenoxy) is 1. The monoisotopic (exact) mass is 264 g/mol. The van der Waals surface area contributed by atoms with Crippen LogP contribution in [0.3, 0.4) is 0 Å². The quantitative estimate of drug-likeness (QED) is 0.877. The highest BCUT2D eigenvalue weighted by Gasteiger charge is 2.29. The number of aromatic carboxylic acids is 1. The van der Waals surface area contributed by atoms with Crippen molar-refractivity contribution in [3.8, 4) is 0 Å². The summed E-state index contributed by atoms with van der Waals surface area (Å²) in [6.07, 6.45) is 1.78. The van der Waals surface area contributed by atoms with Gasteiger partial charge in [0.1, 0.15) is 5.82 Å². The van der Waals surface area contributed by atoms with Crippen LogP contribution >= 0.6 is 0 Å². The Morgan fingerprint density at radius 2 is 2.26 bits per heavy atom. The molecular formula is C14H20N2O3. The van der Waals surface area contributed by atoms with E-state index in [2.05, 4.69) is 24.1 Å². The molecule has 1 atom stereocenters. The number of anilines is 1. The lowest BCUT2D eigenvalue weighted by Gasteiger charge is -2.36. The Morgan fingerprint density at radius 1 is 1.53 bits per heavy atom. The standard InChI is InChI=1S/C14H20N2O3/c1-9-6-10(13(17)18)7-12(15-9)16-11-4-5-19-14(2,3)8-11/h6-7,11H,4-5,8H2,1-3H3,(H,15,16)(H,17,18).